The maximum absolute atomic E-state index is 12.1. The van der Waals surface area contributed by atoms with Crippen molar-refractivity contribution < 1.29 is 9.59 Å². The molecule has 21 heavy (non-hydrogen) atoms. The van der Waals surface area contributed by atoms with Crippen LogP contribution in [0.4, 0.5) is 0 Å². The largest absolute Gasteiger partial charge is 0.347 e. The highest BCUT2D eigenvalue weighted by molar-refractivity contribution is 5.85. The molecule has 0 spiro atoms. The van der Waals surface area contributed by atoms with Gasteiger partial charge in [0.05, 0.1) is 6.54 Å². The van der Waals surface area contributed by atoms with E-state index in [1.807, 2.05) is 11.8 Å². The van der Waals surface area contributed by atoms with Crippen LogP contribution in [0, 0.1) is 5.92 Å². The number of amides is 2. The molecule has 2 amide bonds. The van der Waals surface area contributed by atoms with Gasteiger partial charge in [0.2, 0.25) is 11.8 Å². The number of nitrogens with one attached hydrogen (secondary N) is 2. The van der Waals surface area contributed by atoms with Crippen molar-refractivity contribution in [1.82, 2.24) is 15.5 Å². The molecule has 0 aromatic carbocycles. The SMILES string of the molecule is CC1CNCCN1C(=O)CNC(=O)CC1CCCCC1.Cl. The molecule has 2 fully saturated rings. The van der Waals surface area contributed by atoms with E-state index >= 15 is 0 Å². The Hall–Kier alpha value is -0.810. The average molecular weight is 318 g/mol. The number of nitrogens with zero attached hydrogens (tertiary/aromatic N) is 1. The summed E-state index contributed by atoms with van der Waals surface area (Å²) in [5.41, 5.74) is 0. The van der Waals surface area contributed by atoms with Crippen molar-refractivity contribution >= 4 is 24.2 Å². The summed E-state index contributed by atoms with van der Waals surface area (Å²) in [4.78, 5) is 25.8. The summed E-state index contributed by atoms with van der Waals surface area (Å²) < 4.78 is 0. The van der Waals surface area contributed by atoms with Crippen LogP contribution >= 0.6 is 12.4 Å². The maximum Gasteiger partial charge on any atom is 0.242 e. The molecule has 2 rings (SSSR count). The van der Waals surface area contributed by atoms with E-state index in [1.54, 1.807) is 0 Å². The molecule has 0 aromatic rings. The van der Waals surface area contributed by atoms with Crippen LogP contribution in [-0.4, -0.2) is 48.9 Å². The van der Waals surface area contributed by atoms with Gasteiger partial charge in [-0.3, -0.25) is 9.59 Å². The molecule has 1 saturated heterocycles. The summed E-state index contributed by atoms with van der Waals surface area (Å²) in [5.74, 6) is 0.598. The molecule has 1 saturated carbocycles. The van der Waals surface area contributed by atoms with Gasteiger partial charge in [0.25, 0.3) is 0 Å². The fourth-order valence-corrected chi connectivity index (χ4v) is 3.21. The second-order valence-corrected chi connectivity index (χ2v) is 6.13. The number of carbonyl (C=O) groups is 2. The van der Waals surface area contributed by atoms with Gasteiger partial charge in [0.15, 0.2) is 0 Å². The molecule has 1 heterocycles. The van der Waals surface area contributed by atoms with E-state index in [1.165, 1.54) is 19.3 Å². The Bertz CT molecular complexity index is 346. The van der Waals surface area contributed by atoms with Crippen LogP contribution in [0.3, 0.4) is 0 Å². The third-order valence-corrected chi connectivity index (χ3v) is 4.46. The zero-order chi connectivity index (χ0) is 14.4. The van der Waals surface area contributed by atoms with Crippen molar-refractivity contribution in [2.45, 2.75) is 51.5 Å². The lowest BCUT2D eigenvalue weighted by atomic mass is 9.87. The monoisotopic (exact) mass is 317 g/mol. The Kier molecular flexibility index (Phi) is 8.04. The fourth-order valence-electron chi connectivity index (χ4n) is 3.21. The first-order chi connectivity index (χ1) is 9.66. The molecule has 0 bridgehead atoms. The molecule has 6 heteroatoms. The highest BCUT2D eigenvalue weighted by atomic mass is 35.5. The highest BCUT2D eigenvalue weighted by Crippen LogP contribution is 2.25. The number of hydrogen-bond donors (Lipinski definition) is 2. The summed E-state index contributed by atoms with van der Waals surface area (Å²) in [6.45, 7) is 4.59. The van der Waals surface area contributed by atoms with Crippen molar-refractivity contribution in [1.29, 1.82) is 0 Å². The summed E-state index contributed by atoms with van der Waals surface area (Å²) >= 11 is 0. The van der Waals surface area contributed by atoms with Gasteiger partial charge < -0.3 is 15.5 Å². The van der Waals surface area contributed by atoms with Gasteiger partial charge in [-0.15, -0.1) is 12.4 Å². The lowest BCUT2D eigenvalue weighted by Crippen LogP contribution is -2.54. The quantitative estimate of drug-likeness (QED) is 0.822. The van der Waals surface area contributed by atoms with Crippen LogP contribution in [-0.2, 0) is 9.59 Å². The minimum absolute atomic E-state index is 0. The highest BCUT2D eigenvalue weighted by Gasteiger charge is 2.23. The lowest BCUT2D eigenvalue weighted by Gasteiger charge is -2.34. The van der Waals surface area contributed by atoms with E-state index in [9.17, 15) is 9.59 Å². The van der Waals surface area contributed by atoms with E-state index in [4.69, 9.17) is 0 Å². The van der Waals surface area contributed by atoms with Crippen LogP contribution in [0.1, 0.15) is 45.4 Å². The van der Waals surface area contributed by atoms with Gasteiger partial charge in [-0.05, 0) is 25.7 Å². The Labute approximate surface area is 133 Å². The molecular formula is C15H28ClN3O2. The van der Waals surface area contributed by atoms with Crippen LogP contribution in [0.15, 0.2) is 0 Å². The minimum Gasteiger partial charge on any atom is -0.347 e. The molecule has 5 nitrogen and oxygen atoms in total. The predicted octanol–water partition coefficient (Wildman–Crippen LogP) is 1.32. The molecular weight excluding hydrogens is 290 g/mol. The smallest absolute Gasteiger partial charge is 0.242 e. The van der Waals surface area contributed by atoms with Crippen LogP contribution < -0.4 is 10.6 Å². The van der Waals surface area contributed by atoms with Crippen molar-refractivity contribution in [3.63, 3.8) is 0 Å². The van der Waals surface area contributed by atoms with E-state index < -0.39 is 0 Å². The van der Waals surface area contributed by atoms with Gasteiger partial charge in [-0.25, -0.2) is 0 Å². The molecule has 2 N–H and O–H groups in total. The topological polar surface area (TPSA) is 61.4 Å². The van der Waals surface area contributed by atoms with E-state index in [-0.39, 0.29) is 36.8 Å². The number of hydrogen-bond acceptors (Lipinski definition) is 3. The number of carbonyl (C=O) groups excluding carboxylic acids is 2. The van der Waals surface area contributed by atoms with Crippen LogP contribution in [0.5, 0.6) is 0 Å². The third-order valence-electron chi connectivity index (χ3n) is 4.46. The summed E-state index contributed by atoms with van der Waals surface area (Å²) in [5, 5.41) is 6.05. The van der Waals surface area contributed by atoms with Gasteiger partial charge in [-0.1, -0.05) is 19.3 Å². The Morgan fingerprint density at radius 3 is 2.62 bits per heavy atom. The van der Waals surface area contributed by atoms with Crippen molar-refractivity contribution in [2.24, 2.45) is 5.92 Å². The van der Waals surface area contributed by atoms with Crippen LogP contribution in [0.25, 0.3) is 0 Å². The standard InChI is InChI=1S/C15H27N3O2.ClH/c1-12-10-16-7-8-18(12)15(20)11-17-14(19)9-13-5-3-2-4-6-13;/h12-13,16H,2-11H2,1H3,(H,17,19);1H. The molecule has 2 aliphatic rings. The first kappa shape index (κ1) is 18.2. The molecule has 0 radical (unpaired) electrons. The predicted molar refractivity (Wildman–Crippen MR) is 85.5 cm³/mol. The van der Waals surface area contributed by atoms with Crippen molar-refractivity contribution in [3.05, 3.63) is 0 Å². The third kappa shape index (κ3) is 5.83. The van der Waals surface area contributed by atoms with Gasteiger partial charge in [0.1, 0.15) is 0 Å². The molecule has 1 unspecified atom stereocenters. The summed E-state index contributed by atoms with van der Waals surface area (Å²) in [6, 6.07) is 0.214. The van der Waals surface area contributed by atoms with Gasteiger partial charge >= 0.3 is 0 Å². The molecule has 1 aliphatic carbocycles. The lowest BCUT2D eigenvalue weighted by molar-refractivity contribution is -0.135. The van der Waals surface area contributed by atoms with Crippen molar-refractivity contribution in [2.75, 3.05) is 26.2 Å². The van der Waals surface area contributed by atoms with Gasteiger partial charge in [-0.2, -0.15) is 0 Å². The zero-order valence-corrected chi connectivity index (χ0v) is 13.7. The molecule has 122 valence electrons. The van der Waals surface area contributed by atoms with E-state index in [0.29, 0.717) is 12.3 Å². The summed E-state index contributed by atoms with van der Waals surface area (Å²) in [6.07, 6.45) is 6.71. The minimum atomic E-state index is 0. The zero-order valence-electron chi connectivity index (χ0n) is 12.9. The first-order valence-electron chi connectivity index (χ1n) is 7.93. The van der Waals surface area contributed by atoms with Gasteiger partial charge in [0, 0.05) is 32.1 Å². The number of rotatable bonds is 4. The second kappa shape index (κ2) is 9.26. The summed E-state index contributed by atoms with van der Waals surface area (Å²) in [7, 11) is 0. The Morgan fingerprint density at radius 1 is 1.24 bits per heavy atom. The Morgan fingerprint density at radius 2 is 1.95 bits per heavy atom. The average Bonchev–Trinajstić information content (AvgIpc) is 2.46. The number of piperazine rings is 1. The fraction of sp³-hybridized carbons (Fsp3) is 0.867. The van der Waals surface area contributed by atoms with E-state index in [2.05, 4.69) is 10.6 Å². The second-order valence-electron chi connectivity index (χ2n) is 6.13. The Balaban J connectivity index is 0.00000220. The normalized spacial score (nSPS) is 23.3. The van der Waals surface area contributed by atoms with Crippen LogP contribution in [0.2, 0.25) is 0 Å². The first-order valence-corrected chi connectivity index (χ1v) is 7.93. The molecule has 0 aromatic heterocycles. The van der Waals surface area contributed by atoms with E-state index in [0.717, 1.165) is 32.5 Å². The maximum atomic E-state index is 12.1. The molecule has 1 aliphatic heterocycles. The molecule has 1 atom stereocenters. The van der Waals surface area contributed by atoms with Crippen molar-refractivity contribution in [3.8, 4) is 0 Å². The number of halogens is 1.